The van der Waals surface area contributed by atoms with Gasteiger partial charge < -0.3 is 19.5 Å². The summed E-state index contributed by atoms with van der Waals surface area (Å²) in [4.78, 5) is 36.6. The van der Waals surface area contributed by atoms with Crippen LogP contribution in [-0.2, 0) is 16.9 Å². The summed E-state index contributed by atoms with van der Waals surface area (Å²) < 4.78 is 5.20. The molecule has 3 fully saturated rings. The van der Waals surface area contributed by atoms with Gasteiger partial charge in [-0.1, -0.05) is 36.8 Å². The van der Waals surface area contributed by atoms with Crippen molar-refractivity contribution in [3.8, 4) is 0 Å². The van der Waals surface area contributed by atoms with Gasteiger partial charge >= 0.3 is 6.03 Å². The van der Waals surface area contributed by atoms with Crippen molar-refractivity contribution in [2.75, 3.05) is 33.7 Å². The third-order valence-electron chi connectivity index (χ3n) is 8.65. The van der Waals surface area contributed by atoms with Crippen molar-refractivity contribution in [1.29, 1.82) is 0 Å². The molecule has 1 aliphatic heterocycles. The summed E-state index contributed by atoms with van der Waals surface area (Å²) >= 11 is 0. The molecule has 1 N–H and O–H groups in total. The standard InChI is InChI=1S/C27H37N5O3/c1-30(2)27(22-9-4-3-5-10-22)13-11-26(12-14-27)20-31(25(34)32(26)18-21-7-6-8-21)19-23(33)29-17-24-28-15-16-35-24/h3-5,9-10,15-16,21H,6-8,11-14,17-20H2,1-2H3,(H,29,33)/t26-,27+. The molecule has 3 amide bonds. The molecule has 2 saturated carbocycles. The molecule has 8 heteroatoms. The first-order chi connectivity index (χ1) is 16.9. The first kappa shape index (κ1) is 23.9. The highest BCUT2D eigenvalue weighted by Crippen LogP contribution is 2.49. The molecule has 0 bridgehead atoms. The van der Waals surface area contributed by atoms with E-state index in [2.05, 4.69) is 64.5 Å². The van der Waals surface area contributed by atoms with Crippen LogP contribution in [0, 0.1) is 5.92 Å². The number of rotatable bonds is 8. The quantitative estimate of drug-likeness (QED) is 0.626. The highest BCUT2D eigenvalue weighted by atomic mass is 16.3. The Morgan fingerprint density at radius 2 is 1.91 bits per heavy atom. The normalized spacial score (nSPS) is 27.0. The van der Waals surface area contributed by atoms with E-state index in [9.17, 15) is 9.59 Å². The van der Waals surface area contributed by atoms with Crippen molar-refractivity contribution in [2.45, 2.75) is 62.6 Å². The summed E-state index contributed by atoms with van der Waals surface area (Å²) in [7, 11) is 4.34. The van der Waals surface area contributed by atoms with Crippen LogP contribution < -0.4 is 5.32 Å². The van der Waals surface area contributed by atoms with Crippen molar-refractivity contribution in [2.24, 2.45) is 5.92 Å². The van der Waals surface area contributed by atoms with E-state index < -0.39 is 0 Å². The SMILES string of the molecule is CN(C)[C@]1(c2ccccc2)CC[C@]2(CC1)CN(CC(=O)NCc1ncco1)C(=O)N2CC1CCC1. The molecule has 2 aliphatic carbocycles. The summed E-state index contributed by atoms with van der Waals surface area (Å²) in [5, 5.41) is 2.84. The zero-order chi connectivity index (χ0) is 24.5. The Bertz CT molecular complexity index is 1010. The van der Waals surface area contributed by atoms with Crippen LogP contribution in [0.25, 0.3) is 0 Å². The third kappa shape index (κ3) is 4.56. The Hall–Kier alpha value is -2.87. The van der Waals surface area contributed by atoms with Crippen LogP contribution >= 0.6 is 0 Å². The van der Waals surface area contributed by atoms with Crippen LogP contribution in [0.3, 0.4) is 0 Å². The van der Waals surface area contributed by atoms with Crippen molar-refractivity contribution in [3.05, 3.63) is 54.2 Å². The van der Waals surface area contributed by atoms with E-state index in [1.165, 1.54) is 31.1 Å². The molecule has 1 aromatic carbocycles. The molecular formula is C27H37N5O3. The van der Waals surface area contributed by atoms with E-state index in [1.807, 2.05) is 0 Å². The summed E-state index contributed by atoms with van der Waals surface area (Å²) in [6.07, 6.45) is 10.5. The minimum absolute atomic E-state index is 0.0141. The Morgan fingerprint density at radius 3 is 2.51 bits per heavy atom. The van der Waals surface area contributed by atoms with E-state index in [-0.39, 0.29) is 36.1 Å². The van der Waals surface area contributed by atoms with Crippen molar-refractivity contribution >= 4 is 11.9 Å². The largest absolute Gasteiger partial charge is 0.447 e. The predicted molar refractivity (Wildman–Crippen MR) is 132 cm³/mol. The number of hydrogen-bond donors (Lipinski definition) is 1. The van der Waals surface area contributed by atoms with E-state index in [0.717, 1.165) is 32.2 Å². The predicted octanol–water partition coefficient (Wildman–Crippen LogP) is 3.60. The van der Waals surface area contributed by atoms with E-state index in [0.29, 0.717) is 18.4 Å². The average Bonchev–Trinajstić information content (AvgIpc) is 3.43. The molecule has 0 atom stereocenters. The minimum Gasteiger partial charge on any atom is -0.447 e. The number of hydrogen-bond acceptors (Lipinski definition) is 5. The van der Waals surface area contributed by atoms with Crippen molar-refractivity contribution in [3.63, 3.8) is 0 Å². The number of oxazole rings is 1. The zero-order valence-corrected chi connectivity index (χ0v) is 20.9. The van der Waals surface area contributed by atoms with Gasteiger partial charge in [0.25, 0.3) is 0 Å². The lowest BCUT2D eigenvalue weighted by molar-refractivity contribution is -0.121. The van der Waals surface area contributed by atoms with Crippen LogP contribution in [-0.4, -0.2) is 70.9 Å². The van der Waals surface area contributed by atoms with E-state index in [1.54, 1.807) is 11.1 Å². The van der Waals surface area contributed by atoms with Gasteiger partial charge in [0.1, 0.15) is 12.8 Å². The molecule has 8 nitrogen and oxygen atoms in total. The lowest BCUT2D eigenvalue weighted by Gasteiger charge is -2.51. The molecule has 1 saturated heterocycles. The summed E-state index contributed by atoms with van der Waals surface area (Å²) in [5.41, 5.74) is 1.11. The van der Waals surface area contributed by atoms with Crippen LogP contribution in [0.15, 0.2) is 47.2 Å². The van der Waals surface area contributed by atoms with Gasteiger partial charge in [0, 0.05) is 18.6 Å². The van der Waals surface area contributed by atoms with Crippen molar-refractivity contribution in [1.82, 2.24) is 25.0 Å². The molecule has 1 spiro atoms. The maximum atomic E-state index is 13.6. The molecular weight excluding hydrogens is 442 g/mol. The second-order valence-corrected chi connectivity index (χ2v) is 10.8. The summed E-state index contributed by atoms with van der Waals surface area (Å²) in [6, 6.07) is 10.8. The van der Waals surface area contributed by atoms with E-state index >= 15 is 0 Å². The monoisotopic (exact) mass is 479 g/mol. The number of carbonyl (C=O) groups is 2. The fourth-order valence-electron chi connectivity index (χ4n) is 6.25. The van der Waals surface area contributed by atoms with Gasteiger partial charge in [-0.2, -0.15) is 0 Å². The Kier molecular flexibility index (Phi) is 6.57. The van der Waals surface area contributed by atoms with Gasteiger partial charge in [0.05, 0.1) is 18.3 Å². The number of nitrogens with one attached hydrogen (secondary N) is 1. The first-order valence-electron chi connectivity index (χ1n) is 12.9. The molecule has 5 rings (SSSR count). The van der Waals surface area contributed by atoms with Crippen molar-refractivity contribution < 1.29 is 14.0 Å². The molecule has 1 aromatic heterocycles. The number of nitrogens with zero attached hydrogens (tertiary/aromatic N) is 4. The van der Waals surface area contributed by atoms with Crippen LogP contribution in [0.2, 0.25) is 0 Å². The van der Waals surface area contributed by atoms with Gasteiger partial charge in [-0.3, -0.25) is 9.69 Å². The van der Waals surface area contributed by atoms with Gasteiger partial charge in [0.15, 0.2) is 0 Å². The van der Waals surface area contributed by atoms with Crippen LogP contribution in [0.1, 0.15) is 56.4 Å². The second kappa shape index (κ2) is 9.64. The minimum atomic E-state index is -0.205. The molecule has 0 radical (unpaired) electrons. The summed E-state index contributed by atoms with van der Waals surface area (Å²) in [5.74, 6) is 0.867. The third-order valence-corrected chi connectivity index (χ3v) is 8.65. The fourth-order valence-corrected chi connectivity index (χ4v) is 6.25. The highest BCUT2D eigenvalue weighted by molar-refractivity contribution is 5.86. The zero-order valence-electron chi connectivity index (χ0n) is 20.9. The maximum absolute atomic E-state index is 13.6. The van der Waals surface area contributed by atoms with Crippen LogP contribution in [0.5, 0.6) is 0 Å². The van der Waals surface area contributed by atoms with Gasteiger partial charge in [-0.15, -0.1) is 0 Å². The Morgan fingerprint density at radius 1 is 1.17 bits per heavy atom. The topological polar surface area (TPSA) is 81.9 Å². The lowest BCUT2D eigenvalue weighted by atomic mass is 9.68. The second-order valence-electron chi connectivity index (χ2n) is 10.8. The number of aromatic nitrogens is 1. The van der Waals surface area contributed by atoms with Crippen LogP contribution in [0.4, 0.5) is 4.79 Å². The molecule has 0 unspecified atom stereocenters. The number of amides is 3. The number of benzene rings is 1. The number of carbonyl (C=O) groups excluding carboxylic acids is 2. The summed E-state index contributed by atoms with van der Waals surface area (Å²) in [6.45, 7) is 1.73. The van der Waals surface area contributed by atoms with Gasteiger partial charge in [0.2, 0.25) is 11.8 Å². The molecule has 2 aromatic rings. The van der Waals surface area contributed by atoms with Gasteiger partial charge in [-0.05, 0) is 64.1 Å². The van der Waals surface area contributed by atoms with E-state index in [4.69, 9.17) is 4.42 Å². The Balaban J connectivity index is 1.31. The smallest absolute Gasteiger partial charge is 0.321 e. The number of urea groups is 1. The lowest BCUT2D eigenvalue weighted by Crippen LogP contribution is -2.56. The fraction of sp³-hybridized carbons (Fsp3) is 0.593. The first-order valence-corrected chi connectivity index (χ1v) is 12.9. The molecule has 188 valence electrons. The maximum Gasteiger partial charge on any atom is 0.321 e. The highest BCUT2D eigenvalue weighted by Gasteiger charge is 2.55. The Labute approximate surface area is 207 Å². The van der Waals surface area contributed by atoms with Gasteiger partial charge in [-0.25, -0.2) is 9.78 Å². The molecule has 2 heterocycles. The molecule has 3 aliphatic rings. The average molecular weight is 480 g/mol. The molecule has 35 heavy (non-hydrogen) atoms.